The van der Waals surface area contributed by atoms with Crippen molar-refractivity contribution in [2.75, 3.05) is 38.0 Å². The molecule has 160 valence electrons. The third-order valence-corrected chi connectivity index (χ3v) is 5.76. The van der Waals surface area contributed by atoms with E-state index in [0.29, 0.717) is 42.3 Å². The summed E-state index contributed by atoms with van der Waals surface area (Å²) < 4.78 is 0. The van der Waals surface area contributed by atoms with Crippen LogP contribution in [0.3, 0.4) is 0 Å². The van der Waals surface area contributed by atoms with Crippen LogP contribution >= 0.6 is 11.3 Å². The molecule has 1 aromatic carbocycles. The van der Waals surface area contributed by atoms with Crippen LogP contribution < -0.4 is 10.8 Å². The minimum absolute atomic E-state index is 0.115. The number of carbonyl (C=O) groups is 2. The molecule has 0 atom stereocenters. The number of rotatable bonds is 5. The Bertz CT molecular complexity index is 935. The maximum absolute atomic E-state index is 12.6. The van der Waals surface area contributed by atoms with Crippen LogP contribution in [0.5, 0.6) is 0 Å². The Hall–Kier alpha value is -3.11. The molecule has 1 aliphatic heterocycles. The van der Waals surface area contributed by atoms with Gasteiger partial charge in [-0.05, 0) is 36.4 Å². The van der Waals surface area contributed by atoms with Gasteiger partial charge in [0.25, 0.3) is 0 Å². The number of anilines is 2. The number of nitrogens with one attached hydrogen (secondary N) is 2. The summed E-state index contributed by atoms with van der Waals surface area (Å²) in [5.74, 6) is -0.661. The lowest BCUT2D eigenvalue weighted by Gasteiger charge is -2.35. The van der Waals surface area contributed by atoms with Crippen LogP contribution in [0, 0.1) is 5.92 Å². The monoisotopic (exact) mass is 431 g/mol. The number of thiophene rings is 1. The first-order valence-corrected chi connectivity index (χ1v) is 10.4. The Labute approximate surface area is 178 Å². The van der Waals surface area contributed by atoms with E-state index in [2.05, 4.69) is 15.7 Å². The van der Waals surface area contributed by atoms with Gasteiger partial charge in [-0.1, -0.05) is 12.1 Å². The predicted molar refractivity (Wildman–Crippen MR) is 117 cm³/mol. The molecule has 30 heavy (non-hydrogen) atoms. The summed E-state index contributed by atoms with van der Waals surface area (Å²) in [6.07, 6.45) is 1.26. The van der Waals surface area contributed by atoms with E-state index >= 15 is 0 Å². The summed E-state index contributed by atoms with van der Waals surface area (Å²) in [5.41, 5.74) is 3.40. The number of benzene rings is 1. The van der Waals surface area contributed by atoms with E-state index < -0.39 is 5.97 Å². The average molecular weight is 432 g/mol. The first-order valence-electron chi connectivity index (χ1n) is 9.52. The van der Waals surface area contributed by atoms with Crippen LogP contribution in [0.15, 0.2) is 40.7 Å². The predicted octanol–water partition coefficient (Wildman–Crippen LogP) is 3.15. The Morgan fingerprint density at radius 3 is 2.53 bits per heavy atom. The van der Waals surface area contributed by atoms with Crippen LogP contribution in [0.25, 0.3) is 0 Å². The topological polar surface area (TPSA) is 118 Å². The lowest BCUT2D eigenvalue weighted by atomic mass is 9.96. The standard InChI is InChI=1S/C20H25N5O4S/c1-24(2)20(21-15-5-3-4-6-16(15)23-29)25-10-7-13(8-11-25)17(26)22-18-14(19(27)28)9-12-30-18/h3-6,9,12-13,23,29H,7-8,10-11H2,1-2H3,(H,22,26)(H,27,28). The van der Waals surface area contributed by atoms with Crippen LogP contribution in [-0.2, 0) is 4.79 Å². The summed E-state index contributed by atoms with van der Waals surface area (Å²) >= 11 is 1.21. The number of aliphatic imine (C=N–C) groups is 1. The molecule has 9 nitrogen and oxygen atoms in total. The SMILES string of the molecule is CN(C)C(=Nc1ccccc1NO)N1CCC(C(=O)Nc2sccc2C(=O)O)CC1. The minimum atomic E-state index is -1.05. The molecule has 0 radical (unpaired) electrons. The zero-order valence-electron chi connectivity index (χ0n) is 16.8. The minimum Gasteiger partial charge on any atom is -0.478 e. The Morgan fingerprint density at radius 2 is 1.90 bits per heavy atom. The summed E-state index contributed by atoms with van der Waals surface area (Å²) in [7, 11) is 3.80. The lowest BCUT2D eigenvalue weighted by Crippen LogP contribution is -2.46. The first-order chi connectivity index (χ1) is 14.4. The number of guanidine groups is 1. The molecule has 1 fully saturated rings. The molecule has 0 spiro atoms. The number of aromatic carboxylic acids is 1. The van der Waals surface area contributed by atoms with Crippen molar-refractivity contribution in [3.63, 3.8) is 0 Å². The number of hydrogen-bond acceptors (Lipinski definition) is 6. The third-order valence-electron chi connectivity index (χ3n) is 4.93. The molecule has 1 aromatic heterocycles. The van der Waals surface area contributed by atoms with Gasteiger partial charge in [-0.25, -0.2) is 9.79 Å². The van der Waals surface area contributed by atoms with Gasteiger partial charge in [-0.2, -0.15) is 0 Å². The Balaban J connectivity index is 1.67. The smallest absolute Gasteiger partial charge is 0.338 e. The second kappa shape index (κ2) is 9.59. The molecule has 4 N–H and O–H groups in total. The van der Waals surface area contributed by atoms with E-state index in [9.17, 15) is 19.9 Å². The second-order valence-corrected chi connectivity index (χ2v) is 8.07. The normalized spacial score (nSPS) is 15.0. The molecule has 2 heterocycles. The quantitative estimate of drug-likeness (QED) is 0.326. The number of nitrogens with zero attached hydrogens (tertiary/aromatic N) is 3. The zero-order chi connectivity index (χ0) is 21.7. The molecule has 0 saturated carbocycles. The number of carbonyl (C=O) groups excluding carboxylic acids is 1. The van der Waals surface area contributed by atoms with Gasteiger partial charge in [0, 0.05) is 33.1 Å². The van der Waals surface area contributed by atoms with Crippen molar-refractivity contribution >= 4 is 45.5 Å². The fraction of sp³-hybridized carbons (Fsp3) is 0.350. The summed E-state index contributed by atoms with van der Waals surface area (Å²) in [5, 5.41) is 23.3. The van der Waals surface area contributed by atoms with Gasteiger partial charge in [0.05, 0.1) is 16.9 Å². The third kappa shape index (κ3) is 4.89. The fourth-order valence-corrected chi connectivity index (χ4v) is 4.14. The summed E-state index contributed by atoms with van der Waals surface area (Å²) in [6, 6.07) is 8.69. The van der Waals surface area contributed by atoms with Crippen molar-refractivity contribution in [1.29, 1.82) is 0 Å². The molecule has 0 unspecified atom stereocenters. The number of piperidine rings is 1. The molecule has 2 aromatic rings. The van der Waals surface area contributed by atoms with Gasteiger partial charge >= 0.3 is 5.97 Å². The van der Waals surface area contributed by atoms with Crippen molar-refractivity contribution < 1.29 is 19.9 Å². The maximum Gasteiger partial charge on any atom is 0.338 e. The molecule has 1 aliphatic rings. The second-order valence-electron chi connectivity index (χ2n) is 7.15. The molecule has 0 bridgehead atoms. The first kappa shape index (κ1) is 21.6. The van der Waals surface area contributed by atoms with Crippen molar-refractivity contribution in [2.24, 2.45) is 10.9 Å². The van der Waals surface area contributed by atoms with Gasteiger partial charge in [0.2, 0.25) is 11.9 Å². The molecule has 3 rings (SSSR count). The number of amides is 1. The zero-order valence-corrected chi connectivity index (χ0v) is 17.6. The highest BCUT2D eigenvalue weighted by Crippen LogP contribution is 2.28. The maximum atomic E-state index is 12.6. The van der Waals surface area contributed by atoms with E-state index in [1.165, 1.54) is 17.4 Å². The molecule has 1 saturated heterocycles. The van der Waals surface area contributed by atoms with E-state index in [4.69, 9.17) is 4.99 Å². The van der Waals surface area contributed by atoms with Gasteiger partial charge < -0.3 is 20.2 Å². The van der Waals surface area contributed by atoms with Crippen LogP contribution in [0.4, 0.5) is 16.4 Å². The van der Waals surface area contributed by atoms with E-state index in [-0.39, 0.29) is 17.4 Å². The summed E-state index contributed by atoms with van der Waals surface area (Å²) in [6.45, 7) is 1.28. The van der Waals surface area contributed by atoms with Crippen LogP contribution in [0.2, 0.25) is 0 Å². The van der Waals surface area contributed by atoms with Crippen molar-refractivity contribution in [1.82, 2.24) is 9.80 Å². The summed E-state index contributed by atoms with van der Waals surface area (Å²) in [4.78, 5) is 32.6. The van der Waals surface area contributed by atoms with Crippen molar-refractivity contribution in [2.45, 2.75) is 12.8 Å². The molecule has 10 heteroatoms. The molecule has 1 amide bonds. The fourth-order valence-electron chi connectivity index (χ4n) is 3.36. The van der Waals surface area contributed by atoms with Crippen molar-refractivity contribution in [3.05, 3.63) is 41.3 Å². The highest BCUT2D eigenvalue weighted by atomic mass is 32.1. The molecular formula is C20H25N5O4S. The van der Waals surface area contributed by atoms with E-state index in [0.717, 1.165) is 5.96 Å². The Morgan fingerprint density at radius 1 is 1.20 bits per heavy atom. The highest BCUT2D eigenvalue weighted by Gasteiger charge is 2.28. The highest BCUT2D eigenvalue weighted by molar-refractivity contribution is 7.14. The van der Waals surface area contributed by atoms with E-state index in [1.54, 1.807) is 17.5 Å². The van der Waals surface area contributed by atoms with Crippen molar-refractivity contribution in [3.8, 4) is 0 Å². The van der Waals surface area contributed by atoms with Gasteiger partial charge in [-0.15, -0.1) is 11.3 Å². The number of carboxylic acids is 1. The average Bonchev–Trinajstić information content (AvgIpc) is 3.20. The van der Waals surface area contributed by atoms with Crippen LogP contribution in [-0.4, -0.2) is 65.1 Å². The molecular weight excluding hydrogens is 406 g/mol. The largest absolute Gasteiger partial charge is 0.478 e. The van der Waals surface area contributed by atoms with E-state index in [1.807, 2.05) is 31.1 Å². The number of likely N-dealkylation sites (tertiary alicyclic amines) is 1. The number of carboxylic acid groups (broad SMARTS) is 1. The number of para-hydroxylation sites is 2. The number of hydrogen-bond donors (Lipinski definition) is 4. The lowest BCUT2D eigenvalue weighted by molar-refractivity contribution is -0.121. The molecule has 0 aliphatic carbocycles. The van der Waals surface area contributed by atoms with Gasteiger partial charge in [0.15, 0.2) is 0 Å². The Kier molecular flexibility index (Phi) is 6.91. The van der Waals surface area contributed by atoms with Gasteiger partial charge in [0.1, 0.15) is 5.00 Å². The van der Waals surface area contributed by atoms with Crippen LogP contribution in [0.1, 0.15) is 23.2 Å². The van der Waals surface area contributed by atoms with Gasteiger partial charge in [-0.3, -0.25) is 15.5 Å².